The van der Waals surface area contributed by atoms with E-state index in [0.29, 0.717) is 41.0 Å². The Kier molecular flexibility index (Phi) is 6.89. The molecule has 0 bridgehead atoms. The highest BCUT2D eigenvalue weighted by Crippen LogP contribution is 2.35. The number of nitrogens with one attached hydrogen (secondary N) is 1. The third-order valence-corrected chi connectivity index (χ3v) is 3.67. The third kappa shape index (κ3) is 5.53. The van der Waals surface area contributed by atoms with Gasteiger partial charge < -0.3 is 19.5 Å². The summed E-state index contributed by atoms with van der Waals surface area (Å²) in [5, 5.41) is 3.12. The quantitative estimate of drug-likeness (QED) is 0.707. The number of hydrogen-bond donors (Lipinski definition) is 1. The highest BCUT2D eigenvalue weighted by atomic mass is 35.5. The molecular weight excluding hydrogens is 349 g/mol. The van der Waals surface area contributed by atoms with E-state index >= 15 is 0 Å². The van der Waals surface area contributed by atoms with Gasteiger partial charge in [0.25, 0.3) is 0 Å². The number of methoxy groups -OCH3 is 2. The summed E-state index contributed by atoms with van der Waals surface area (Å²) < 4.78 is 28.6. The molecule has 0 saturated heterocycles. The maximum Gasteiger partial charge on any atom is 0.224 e. The average Bonchev–Trinajstić information content (AvgIpc) is 2.60. The van der Waals surface area contributed by atoms with Gasteiger partial charge in [-0.25, -0.2) is 4.39 Å². The Morgan fingerprint density at radius 1 is 1.12 bits per heavy atom. The van der Waals surface area contributed by atoms with Gasteiger partial charge >= 0.3 is 0 Å². The number of carbonyl (C=O) groups excluding carboxylic acids is 1. The molecule has 0 radical (unpaired) electrons. The fourth-order valence-corrected chi connectivity index (χ4v) is 2.36. The molecule has 0 aromatic heterocycles. The molecule has 0 aliphatic rings. The van der Waals surface area contributed by atoms with Crippen LogP contribution in [0.2, 0.25) is 5.02 Å². The van der Waals surface area contributed by atoms with Crippen LogP contribution in [0.3, 0.4) is 0 Å². The van der Waals surface area contributed by atoms with Crippen molar-refractivity contribution in [2.24, 2.45) is 0 Å². The van der Waals surface area contributed by atoms with Crippen molar-refractivity contribution >= 4 is 23.2 Å². The predicted molar refractivity (Wildman–Crippen MR) is 94.3 cm³/mol. The van der Waals surface area contributed by atoms with Gasteiger partial charge in [-0.15, -0.1) is 0 Å². The van der Waals surface area contributed by atoms with Crippen LogP contribution in [0.1, 0.15) is 12.8 Å². The lowest BCUT2D eigenvalue weighted by Gasteiger charge is -2.13. The second-order valence-electron chi connectivity index (χ2n) is 5.14. The largest absolute Gasteiger partial charge is 0.495 e. The van der Waals surface area contributed by atoms with Gasteiger partial charge in [-0.05, 0) is 36.8 Å². The lowest BCUT2D eigenvalue weighted by Crippen LogP contribution is -2.13. The van der Waals surface area contributed by atoms with Crippen LogP contribution >= 0.6 is 11.6 Å². The van der Waals surface area contributed by atoms with E-state index in [2.05, 4.69) is 5.32 Å². The first-order valence-electron chi connectivity index (χ1n) is 7.63. The van der Waals surface area contributed by atoms with Crippen LogP contribution in [-0.2, 0) is 4.79 Å². The van der Waals surface area contributed by atoms with Crippen molar-refractivity contribution in [3.8, 4) is 17.2 Å². The molecule has 0 saturated carbocycles. The van der Waals surface area contributed by atoms with Gasteiger partial charge in [0.05, 0.1) is 31.5 Å². The summed E-state index contributed by atoms with van der Waals surface area (Å²) in [6, 6.07) is 8.91. The zero-order chi connectivity index (χ0) is 18.2. The molecule has 0 aliphatic carbocycles. The summed E-state index contributed by atoms with van der Waals surface area (Å²) in [5.74, 6) is 0.966. The molecule has 0 heterocycles. The molecule has 7 heteroatoms. The lowest BCUT2D eigenvalue weighted by molar-refractivity contribution is -0.116. The molecule has 134 valence electrons. The van der Waals surface area contributed by atoms with E-state index in [1.54, 1.807) is 24.3 Å². The Labute approximate surface area is 150 Å². The number of rotatable bonds is 8. The minimum atomic E-state index is -0.321. The summed E-state index contributed by atoms with van der Waals surface area (Å²) in [6.07, 6.45) is 0.767. The van der Waals surface area contributed by atoms with Gasteiger partial charge in [0.15, 0.2) is 0 Å². The number of amides is 1. The molecule has 1 N–H and O–H groups in total. The van der Waals surface area contributed by atoms with Crippen molar-refractivity contribution in [2.75, 3.05) is 26.1 Å². The van der Waals surface area contributed by atoms with Crippen molar-refractivity contribution < 1.29 is 23.4 Å². The summed E-state index contributed by atoms with van der Waals surface area (Å²) in [5.41, 5.74) is 0.470. The van der Waals surface area contributed by atoms with E-state index in [9.17, 15) is 9.18 Å². The van der Waals surface area contributed by atoms with Crippen molar-refractivity contribution in [3.63, 3.8) is 0 Å². The molecule has 2 aromatic carbocycles. The summed E-state index contributed by atoms with van der Waals surface area (Å²) >= 11 is 6.07. The number of benzene rings is 2. The molecule has 0 aliphatic heterocycles. The van der Waals surface area contributed by atoms with Crippen LogP contribution < -0.4 is 19.5 Å². The smallest absolute Gasteiger partial charge is 0.224 e. The van der Waals surface area contributed by atoms with E-state index < -0.39 is 0 Å². The van der Waals surface area contributed by atoms with Crippen molar-refractivity contribution in [1.82, 2.24) is 0 Å². The van der Waals surface area contributed by atoms with Gasteiger partial charge in [-0.3, -0.25) is 4.79 Å². The number of anilines is 1. The van der Waals surface area contributed by atoms with Gasteiger partial charge in [0.1, 0.15) is 23.1 Å². The van der Waals surface area contributed by atoms with Gasteiger partial charge in [-0.1, -0.05) is 11.6 Å². The van der Waals surface area contributed by atoms with Crippen LogP contribution in [-0.4, -0.2) is 26.7 Å². The van der Waals surface area contributed by atoms with Crippen LogP contribution in [0, 0.1) is 5.82 Å². The number of carbonyl (C=O) groups is 1. The van der Waals surface area contributed by atoms with Gasteiger partial charge in [0.2, 0.25) is 5.91 Å². The first-order chi connectivity index (χ1) is 12.0. The molecule has 0 unspecified atom stereocenters. The maximum absolute atomic E-state index is 12.8. The van der Waals surface area contributed by atoms with E-state index in [-0.39, 0.29) is 18.1 Å². The molecule has 1 amide bonds. The van der Waals surface area contributed by atoms with E-state index in [0.717, 1.165) is 0 Å². The van der Waals surface area contributed by atoms with E-state index in [1.807, 2.05) is 0 Å². The molecular formula is C18H19ClFNO4. The van der Waals surface area contributed by atoms with Crippen LogP contribution in [0.5, 0.6) is 17.2 Å². The number of halogens is 2. The molecule has 2 aromatic rings. The monoisotopic (exact) mass is 367 g/mol. The zero-order valence-electron chi connectivity index (χ0n) is 14.0. The highest BCUT2D eigenvalue weighted by molar-refractivity contribution is 6.32. The molecule has 0 spiro atoms. The van der Waals surface area contributed by atoms with Crippen LogP contribution in [0.4, 0.5) is 10.1 Å². The van der Waals surface area contributed by atoms with Crippen molar-refractivity contribution in [1.29, 1.82) is 0 Å². The van der Waals surface area contributed by atoms with Gasteiger partial charge in [0, 0.05) is 12.5 Å². The topological polar surface area (TPSA) is 56.8 Å². The average molecular weight is 368 g/mol. The number of hydrogen-bond acceptors (Lipinski definition) is 4. The zero-order valence-corrected chi connectivity index (χ0v) is 14.7. The first-order valence-corrected chi connectivity index (χ1v) is 8.01. The minimum absolute atomic E-state index is 0.192. The van der Waals surface area contributed by atoms with E-state index in [4.69, 9.17) is 25.8 Å². The summed E-state index contributed by atoms with van der Waals surface area (Å²) in [4.78, 5) is 12.1. The fourth-order valence-electron chi connectivity index (χ4n) is 2.12. The maximum atomic E-state index is 12.8. The van der Waals surface area contributed by atoms with Gasteiger partial charge in [-0.2, -0.15) is 0 Å². The SMILES string of the molecule is COc1cc(OC)c(NC(=O)CCCOc2ccc(F)cc2)cc1Cl. The molecule has 2 rings (SSSR count). The normalized spacial score (nSPS) is 10.2. The van der Waals surface area contributed by atoms with Crippen LogP contribution in [0.25, 0.3) is 0 Å². The van der Waals surface area contributed by atoms with Crippen LogP contribution in [0.15, 0.2) is 36.4 Å². The molecule has 0 fully saturated rings. The predicted octanol–water partition coefficient (Wildman–Crippen LogP) is 4.29. The molecule has 25 heavy (non-hydrogen) atoms. The van der Waals surface area contributed by atoms with Crippen molar-refractivity contribution in [3.05, 3.63) is 47.2 Å². The van der Waals surface area contributed by atoms with Crippen molar-refractivity contribution in [2.45, 2.75) is 12.8 Å². The molecule has 0 atom stereocenters. The lowest BCUT2D eigenvalue weighted by atomic mass is 10.2. The van der Waals surface area contributed by atoms with E-state index in [1.165, 1.54) is 26.4 Å². The first kappa shape index (κ1) is 18.9. The Balaban J connectivity index is 1.83. The Morgan fingerprint density at radius 3 is 2.44 bits per heavy atom. The summed E-state index contributed by atoms with van der Waals surface area (Å²) in [7, 11) is 2.99. The fraction of sp³-hybridized carbons (Fsp3) is 0.278. The number of ether oxygens (including phenoxy) is 3. The second-order valence-corrected chi connectivity index (χ2v) is 5.55. The minimum Gasteiger partial charge on any atom is -0.495 e. The molecule has 5 nitrogen and oxygen atoms in total. The Hall–Kier alpha value is -2.47. The Morgan fingerprint density at radius 2 is 1.80 bits per heavy atom. The standard InChI is InChI=1S/C18H19ClFNO4/c1-23-16-11-17(24-2)15(10-14(16)19)21-18(22)4-3-9-25-13-7-5-12(20)6-8-13/h5-8,10-11H,3-4,9H2,1-2H3,(H,21,22). The summed E-state index contributed by atoms with van der Waals surface area (Å²) in [6.45, 7) is 0.347. The Bertz CT molecular complexity index is 722. The highest BCUT2D eigenvalue weighted by Gasteiger charge is 2.12. The second kappa shape index (κ2) is 9.13. The third-order valence-electron chi connectivity index (χ3n) is 3.38.